The Hall–Kier alpha value is -1.09. The number of aromatic nitrogens is 1. The van der Waals surface area contributed by atoms with Crippen molar-refractivity contribution in [3.63, 3.8) is 0 Å². The van der Waals surface area contributed by atoms with Gasteiger partial charge in [0.1, 0.15) is 5.15 Å². The van der Waals surface area contributed by atoms with Crippen molar-refractivity contribution in [3.05, 3.63) is 23.0 Å². The molecule has 0 unspecified atom stereocenters. The Labute approximate surface area is 76.0 Å². The van der Waals surface area contributed by atoms with Gasteiger partial charge in [0.15, 0.2) is 6.29 Å². The van der Waals surface area contributed by atoms with Gasteiger partial charge < -0.3 is 4.90 Å². The average molecular weight is 185 g/mol. The van der Waals surface area contributed by atoms with Gasteiger partial charge in [-0.15, -0.1) is 0 Å². The van der Waals surface area contributed by atoms with Crippen LogP contribution in [0.4, 0.5) is 5.69 Å². The molecule has 0 atom stereocenters. The second kappa shape index (κ2) is 3.54. The molecule has 4 heteroatoms. The van der Waals surface area contributed by atoms with E-state index in [1.807, 2.05) is 19.0 Å². The average Bonchev–Trinajstić information content (AvgIpc) is 2.03. The fourth-order valence-electron chi connectivity index (χ4n) is 0.937. The Kier molecular flexibility index (Phi) is 2.65. The molecule has 0 aliphatic rings. The first-order valence-electron chi connectivity index (χ1n) is 3.44. The highest BCUT2D eigenvalue weighted by Gasteiger charge is 2.07. The van der Waals surface area contributed by atoms with Crippen molar-refractivity contribution in [2.45, 2.75) is 0 Å². The van der Waals surface area contributed by atoms with Crippen LogP contribution in [-0.4, -0.2) is 25.4 Å². The van der Waals surface area contributed by atoms with Crippen LogP contribution in [-0.2, 0) is 0 Å². The van der Waals surface area contributed by atoms with Gasteiger partial charge in [-0.1, -0.05) is 11.6 Å². The summed E-state index contributed by atoms with van der Waals surface area (Å²) >= 11 is 5.70. The zero-order valence-electron chi connectivity index (χ0n) is 6.91. The van der Waals surface area contributed by atoms with E-state index in [-0.39, 0.29) is 5.15 Å². The summed E-state index contributed by atoms with van der Waals surface area (Å²) in [4.78, 5) is 16.2. The van der Waals surface area contributed by atoms with Crippen molar-refractivity contribution in [2.75, 3.05) is 19.0 Å². The Morgan fingerprint density at radius 3 is 2.67 bits per heavy atom. The van der Waals surface area contributed by atoms with E-state index in [9.17, 15) is 4.79 Å². The molecular weight excluding hydrogens is 176 g/mol. The van der Waals surface area contributed by atoms with Crippen molar-refractivity contribution in [2.24, 2.45) is 0 Å². The van der Waals surface area contributed by atoms with E-state index >= 15 is 0 Å². The van der Waals surface area contributed by atoms with Crippen LogP contribution in [0.1, 0.15) is 10.4 Å². The van der Waals surface area contributed by atoms with Crippen molar-refractivity contribution in [3.8, 4) is 0 Å². The van der Waals surface area contributed by atoms with Crippen molar-refractivity contribution >= 4 is 23.6 Å². The number of aldehydes is 1. The third kappa shape index (κ3) is 1.56. The topological polar surface area (TPSA) is 33.2 Å². The van der Waals surface area contributed by atoms with Gasteiger partial charge in [-0.2, -0.15) is 0 Å². The number of carbonyl (C=O) groups excluding carboxylic acids is 1. The number of hydrogen-bond acceptors (Lipinski definition) is 3. The van der Waals surface area contributed by atoms with Crippen LogP contribution in [0.3, 0.4) is 0 Å². The maximum Gasteiger partial charge on any atom is 0.155 e. The first-order valence-corrected chi connectivity index (χ1v) is 3.81. The summed E-state index contributed by atoms with van der Waals surface area (Å²) in [7, 11) is 3.69. The minimum absolute atomic E-state index is 0.246. The van der Waals surface area contributed by atoms with Crippen LogP contribution < -0.4 is 4.90 Å². The highest BCUT2D eigenvalue weighted by Crippen LogP contribution is 2.21. The number of carbonyl (C=O) groups is 1. The van der Waals surface area contributed by atoms with Gasteiger partial charge in [0.2, 0.25) is 0 Å². The lowest BCUT2D eigenvalue weighted by molar-refractivity contribution is 0.112. The number of rotatable bonds is 2. The molecule has 0 aliphatic heterocycles. The molecular formula is C8H9ClN2O. The zero-order valence-corrected chi connectivity index (χ0v) is 7.67. The van der Waals surface area contributed by atoms with Gasteiger partial charge in [0.05, 0.1) is 11.3 Å². The molecule has 0 N–H and O–H groups in total. The van der Waals surface area contributed by atoms with E-state index in [2.05, 4.69) is 4.98 Å². The fraction of sp³-hybridized carbons (Fsp3) is 0.250. The quantitative estimate of drug-likeness (QED) is 0.517. The summed E-state index contributed by atoms with van der Waals surface area (Å²) in [6.07, 6.45) is 2.29. The Morgan fingerprint density at radius 2 is 2.25 bits per heavy atom. The molecule has 12 heavy (non-hydrogen) atoms. The molecule has 64 valence electrons. The summed E-state index contributed by atoms with van der Waals surface area (Å²) in [5.41, 5.74) is 1.22. The first kappa shape index (κ1) is 9.00. The number of hydrogen-bond donors (Lipinski definition) is 0. The minimum Gasteiger partial charge on any atom is -0.377 e. The summed E-state index contributed by atoms with van der Waals surface area (Å²) in [6, 6.07) is 1.75. The third-order valence-electron chi connectivity index (χ3n) is 1.52. The van der Waals surface area contributed by atoms with Crippen molar-refractivity contribution in [1.29, 1.82) is 0 Å². The molecule has 0 amide bonds. The Bertz CT molecular complexity index is 299. The monoisotopic (exact) mass is 184 g/mol. The van der Waals surface area contributed by atoms with E-state index < -0.39 is 0 Å². The maximum absolute atomic E-state index is 10.6. The molecule has 0 bridgehead atoms. The fourth-order valence-corrected chi connectivity index (χ4v) is 1.13. The smallest absolute Gasteiger partial charge is 0.155 e. The molecule has 0 saturated carbocycles. The van der Waals surface area contributed by atoms with Gasteiger partial charge in [0, 0.05) is 20.3 Å². The van der Waals surface area contributed by atoms with Crippen LogP contribution in [0.15, 0.2) is 12.3 Å². The highest BCUT2D eigenvalue weighted by molar-refractivity contribution is 6.32. The van der Waals surface area contributed by atoms with Crippen molar-refractivity contribution < 1.29 is 4.79 Å². The van der Waals surface area contributed by atoms with Crippen LogP contribution in [0.5, 0.6) is 0 Å². The number of nitrogens with zero attached hydrogens (tertiary/aromatic N) is 2. The molecule has 0 spiro atoms. The Balaban J connectivity index is 3.27. The molecule has 1 aromatic heterocycles. The van der Waals surface area contributed by atoms with Crippen LogP contribution in [0, 0.1) is 0 Å². The summed E-state index contributed by atoms with van der Waals surface area (Å²) in [5.74, 6) is 0. The lowest BCUT2D eigenvalue weighted by Gasteiger charge is -2.14. The van der Waals surface area contributed by atoms with Gasteiger partial charge in [-0.3, -0.25) is 4.79 Å². The second-order valence-electron chi connectivity index (χ2n) is 2.55. The lowest BCUT2D eigenvalue weighted by atomic mass is 10.2. The highest BCUT2D eigenvalue weighted by atomic mass is 35.5. The predicted molar refractivity (Wildman–Crippen MR) is 49.0 cm³/mol. The first-order chi connectivity index (χ1) is 5.66. The molecule has 1 aromatic rings. The molecule has 0 aromatic carbocycles. The molecule has 0 aliphatic carbocycles. The molecule has 0 fully saturated rings. The third-order valence-corrected chi connectivity index (χ3v) is 1.82. The molecule has 0 radical (unpaired) electrons. The molecule has 3 nitrogen and oxygen atoms in total. The van der Waals surface area contributed by atoms with Crippen LogP contribution >= 0.6 is 11.6 Å². The SMILES string of the molecule is CN(C)c1ccnc(Cl)c1C=O. The number of halogens is 1. The molecule has 1 rings (SSSR count). The summed E-state index contributed by atoms with van der Waals surface area (Å²) in [5, 5.41) is 0.246. The second-order valence-corrected chi connectivity index (χ2v) is 2.90. The zero-order chi connectivity index (χ0) is 9.14. The van der Waals surface area contributed by atoms with Gasteiger partial charge in [-0.25, -0.2) is 4.98 Å². The number of anilines is 1. The summed E-state index contributed by atoms with van der Waals surface area (Å²) < 4.78 is 0. The molecule has 1 heterocycles. The van der Waals surface area contributed by atoms with Gasteiger partial charge >= 0.3 is 0 Å². The van der Waals surface area contributed by atoms with E-state index in [1.54, 1.807) is 12.3 Å². The molecule has 0 saturated heterocycles. The number of pyridine rings is 1. The van der Waals surface area contributed by atoms with Crippen LogP contribution in [0.25, 0.3) is 0 Å². The van der Waals surface area contributed by atoms with Crippen LogP contribution in [0.2, 0.25) is 5.15 Å². The van der Waals surface area contributed by atoms with Crippen molar-refractivity contribution in [1.82, 2.24) is 4.98 Å². The Morgan fingerprint density at radius 1 is 1.58 bits per heavy atom. The van der Waals surface area contributed by atoms with Gasteiger partial charge in [0.25, 0.3) is 0 Å². The maximum atomic E-state index is 10.6. The normalized spacial score (nSPS) is 9.58. The predicted octanol–water partition coefficient (Wildman–Crippen LogP) is 1.61. The summed E-state index contributed by atoms with van der Waals surface area (Å²) in [6.45, 7) is 0. The van der Waals surface area contributed by atoms with E-state index in [1.165, 1.54) is 0 Å². The lowest BCUT2D eigenvalue weighted by Crippen LogP contribution is -2.11. The van der Waals surface area contributed by atoms with E-state index in [0.29, 0.717) is 11.8 Å². The van der Waals surface area contributed by atoms with E-state index in [4.69, 9.17) is 11.6 Å². The van der Waals surface area contributed by atoms with Gasteiger partial charge in [-0.05, 0) is 6.07 Å². The minimum atomic E-state index is 0.246. The van der Waals surface area contributed by atoms with E-state index in [0.717, 1.165) is 5.69 Å². The standard InChI is InChI=1S/C8H9ClN2O/c1-11(2)7-3-4-10-8(9)6(7)5-12/h3-5H,1-2H3. The largest absolute Gasteiger partial charge is 0.377 e.